The number of aliphatic hydroxyl groups excluding tert-OH is 1. The van der Waals surface area contributed by atoms with Crippen LogP contribution in [-0.4, -0.2) is 96.7 Å². The van der Waals surface area contributed by atoms with Gasteiger partial charge >= 0.3 is 39.5 Å². The number of aliphatic hydroxyl groups is 1. The van der Waals surface area contributed by atoms with E-state index in [9.17, 15) is 43.2 Å². The van der Waals surface area contributed by atoms with Crippen LogP contribution >= 0.6 is 15.6 Å². The second-order valence-electron chi connectivity index (χ2n) is 33.4. The Labute approximate surface area is 664 Å². The largest absolute Gasteiger partial charge is 0.472 e. The molecule has 0 aliphatic heterocycles. The molecule has 2 unspecified atom stereocenters. The summed E-state index contributed by atoms with van der Waals surface area (Å²) < 4.78 is 69.0. The maximum atomic E-state index is 13.2. The Bertz CT molecular complexity index is 2080. The summed E-state index contributed by atoms with van der Waals surface area (Å²) in [6.07, 6.45) is 70.8. The molecule has 0 aliphatic rings. The monoisotopic (exact) mass is 1580 g/mol. The molecule has 0 rings (SSSR count). The minimum absolute atomic E-state index is 0.108. The van der Waals surface area contributed by atoms with Gasteiger partial charge in [-0.25, -0.2) is 9.13 Å². The number of ether oxygens (including phenoxy) is 4. The number of unbranched alkanes of at least 4 members (excludes halogenated alkanes) is 55. The van der Waals surface area contributed by atoms with Crippen molar-refractivity contribution in [1.82, 2.24) is 0 Å². The summed E-state index contributed by atoms with van der Waals surface area (Å²) in [6.45, 7) is 12.1. The summed E-state index contributed by atoms with van der Waals surface area (Å²) in [5.74, 6) is 0.329. The van der Waals surface area contributed by atoms with Crippen molar-refractivity contribution >= 4 is 39.5 Å². The standard InChI is InChI=1S/C89H174O17P2/c1-8-9-10-11-12-13-32-42-49-56-63-70-86(91)99-76-84(105-89(94)73-66-59-52-45-38-31-25-24-28-35-41-48-55-62-69-82(6)7)78-103-107(95,96)101-74-83(90)75-102-108(97,98)104-79-85(77-100-87(92)71-64-57-50-43-36-29-22-19-18-21-27-34-40-47-54-61-68-81(4)5)106-88(93)72-65-58-51-44-37-30-23-17-15-14-16-20-26-33-39-46-53-60-67-80(2)3/h80-85,90H,8-79H2,1-7H3,(H,95,96)(H,97,98)/t83-,84+,85+/m0/s1. The van der Waals surface area contributed by atoms with E-state index in [1.165, 1.54) is 283 Å². The van der Waals surface area contributed by atoms with Crippen LogP contribution in [0, 0.1) is 17.8 Å². The molecular weight excluding hydrogens is 1400 g/mol. The topological polar surface area (TPSA) is 237 Å². The van der Waals surface area contributed by atoms with Crippen LogP contribution in [0.4, 0.5) is 0 Å². The van der Waals surface area contributed by atoms with E-state index >= 15 is 0 Å². The summed E-state index contributed by atoms with van der Waals surface area (Å²) in [5, 5.41) is 10.7. The molecule has 0 aromatic heterocycles. The van der Waals surface area contributed by atoms with Gasteiger partial charge in [0.25, 0.3) is 0 Å². The third-order valence-corrected chi connectivity index (χ3v) is 22.8. The van der Waals surface area contributed by atoms with Gasteiger partial charge in [-0.3, -0.25) is 37.3 Å². The lowest BCUT2D eigenvalue weighted by Gasteiger charge is -2.21. The number of carbonyl (C=O) groups excluding carboxylic acids is 4. The Morgan fingerprint density at radius 2 is 0.426 bits per heavy atom. The molecule has 0 fully saturated rings. The van der Waals surface area contributed by atoms with E-state index < -0.39 is 97.5 Å². The number of rotatable bonds is 87. The Hall–Kier alpha value is -1.94. The van der Waals surface area contributed by atoms with Crippen molar-refractivity contribution < 1.29 is 80.2 Å². The number of phosphoric acid groups is 2. The molecule has 17 nitrogen and oxygen atoms in total. The van der Waals surface area contributed by atoms with E-state index in [-0.39, 0.29) is 25.7 Å². The average molecular weight is 1580 g/mol. The molecule has 0 saturated heterocycles. The summed E-state index contributed by atoms with van der Waals surface area (Å²) in [6, 6.07) is 0. The average Bonchev–Trinajstić information content (AvgIpc) is 0.898. The van der Waals surface area contributed by atoms with Crippen LogP contribution in [0.3, 0.4) is 0 Å². The van der Waals surface area contributed by atoms with Crippen molar-refractivity contribution in [1.29, 1.82) is 0 Å². The zero-order valence-electron chi connectivity index (χ0n) is 71.3. The molecule has 19 heteroatoms. The van der Waals surface area contributed by atoms with Crippen molar-refractivity contribution in [3.63, 3.8) is 0 Å². The zero-order valence-corrected chi connectivity index (χ0v) is 73.1. The fourth-order valence-electron chi connectivity index (χ4n) is 13.9. The van der Waals surface area contributed by atoms with E-state index in [0.717, 1.165) is 108 Å². The molecule has 0 amide bonds. The molecule has 108 heavy (non-hydrogen) atoms. The van der Waals surface area contributed by atoms with Gasteiger partial charge in [0.2, 0.25) is 0 Å². The highest BCUT2D eigenvalue weighted by Gasteiger charge is 2.31. The van der Waals surface area contributed by atoms with Crippen molar-refractivity contribution in [2.45, 2.75) is 491 Å². The maximum Gasteiger partial charge on any atom is 0.472 e. The highest BCUT2D eigenvalue weighted by Crippen LogP contribution is 2.45. The van der Waals surface area contributed by atoms with Gasteiger partial charge in [0, 0.05) is 25.7 Å². The smallest absolute Gasteiger partial charge is 0.462 e. The SMILES string of the molecule is CCCCCCCCCCCCCC(=O)OC[C@H](COP(=O)(O)OC[C@H](O)COP(=O)(O)OC[C@@H](COC(=O)CCCCCCCCCCCCCCCCCCC(C)C)OC(=O)CCCCCCCCCCCCCCCCCCCCC(C)C)OC(=O)CCCCCCCCCCCCCCCCC(C)C. The summed E-state index contributed by atoms with van der Waals surface area (Å²) in [5.41, 5.74) is 0. The Kier molecular flexibility index (Phi) is 77.5. The van der Waals surface area contributed by atoms with Crippen molar-refractivity contribution in [3.05, 3.63) is 0 Å². The van der Waals surface area contributed by atoms with Crippen molar-refractivity contribution in [2.75, 3.05) is 39.6 Å². The Balaban J connectivity index is 5.24. The lowest BCUT2D eigenvalue weighted by molar-refractivity contribution is -0.161. The zero-order chi connectivity index (χ0) is 79.3. The first-order chi connectivity index (χ1) is 52.2. The van der Waals surface area contributed by atoms with Gasteiger partial charge < -0.3 is 33.8 Å². The highest BCUT2D eigenvalue weighted by molar-refractivity contribution is 7.47. The second kappa shape index (κ2) is 78.9. The van der Waals surface area contributed by atoms with Crippen LogP contribution in [0.2, 0.25) is 0 Å². The first-order valence-corrected chi connectivity index (χ1v) is 48.8. The van der Waals surface area contributed by atoms with Gasteiger partial charge in [-0.05, 0) is 43.4 Å². The van der Waals surface area contributed by atoms with Crippen LogP contribution in [0.1, 0.15) is 472 Å². The molecule has 0 spiro atoms. The minimum atomic E-state index is -4.97. The number of carbonyl (C=O) groups is 4. The number of hydrogen-bond donors (Lipinski definition) is 3. The number of hydrogen-bond acceptors (Lipinski definition) is 15. The van der Waals surface area contributed by atoms with Gasteiger partial charge in [-0.2, -0.15) is 0 Å². The molecule has 0 aliphatic carbocycles. The third-order valence-electron chi connectivity index (χ3n) is 20.9. The lowest BCUT2D eigenvalue weighted by atomic mass is 10.0. The third kappa shape index (κ3) is 82.1. The fourth-order valence-corrected chi connectivity index (χ4v) is 15.5. The molecule has 0 bridgehead atoms. The first kappa shape index (κ1) is 106. The number of phosphoric ester groups is 2. The van der Waals surface area contributed by atoms with Gasteiger partial charge in [-0.1, -0.05) is 421 Å². The fraction of sp³-hybridized carbons (Fsp3) is 0.955. The lowest BCUT2D eigenvalue weighted by Crippen LogP contribution is -2.30. The molecule has 0 aromatic rings. The van der Waals surface area contributed by atoms with Crippen LogP contribution in [0.5, 0.6) is 0 Å². The molecule has 3 N–H and O–H groups in total. The second-order valence-corrected chi connectivity index (χ2v) is 36.3. The van der Waals surface area contributed by atoms with Gasteiger partial charge in [0.1, 0.15) is 19.3 Å². The van der Waals surface area contributed by atoms with Crippen LogP contribution in [-0.2, 0) is 65.4 Å². The summed E-state index contributed by atoms with van der Waals surface area (Å²) in [7, 11) is -9.93. The molecule has 5 atom stereocenters. The molecule has 0 aromatic carbocycles. The molecule has 0 radical (unpaired) electrons. The quantitative estimate of drug-likeness (QED) is 0.0222. The van der Waals surface area contributed by atoms with Gasteiger partial charge in [0.15, 0.2) is 12.2 Å². The van der Waals surface area contributed by atoms with Crippen molar-refractivity contribution in [2.24, 2.45) is 17.8 Å². The van der Waals surface area contributed by atoms with Crippen LogP contribution in [0.25, 0.3) is 0 Å². The molecule has 0 heterocycles. The normalized spacial score (nSPS) is 13.8. The summed E-state index contributed by atoms with van der Waals surface area (Å²) in [4.78, 5) is 73.3. The highest BCUT2D eigenvalue weighted by atomic mass is 31.2. The van der Waals surface area contributed by atoms with Crippen LogP contribution < -0.4 is 0 Å². The summed E-state index contributed by atoms with van der Waals surface area (Å²) >= 11 is 0. The Morgan fingerprint density at radius 1 is 0.250 bits per heavy atom. The van der Waals surface area contributed by atoms with Crippen molar-refractivity contribution in [3.8, 4) is 0 Å². The van der Waals surface area contributed by atoms with E-state index in [1.54, 1.807) is 0 Å². The predicted molar refractivity (Wildman–Crippen MR) is 446 cm³/mol. The van der Waals surface area contributed by atoms with Gasteiger partial charge in [0.05, 0.1) is 26.4 Å². The molecule has 642 valence electrons. The van der Waals surface area contributed by atoms with E-state index in [2.05, 4.69) is 48.5 Å². The first-order valence-electron chi connectivity index (χ1n) is 45.8. The minimum Gasteiger partial charge on any atom is -0.462 e. The van der Waals surface area contributed by atoms with E-state index in [0.29, 0.717) is 25.7 Å². The maximum absolute atomic E-state index is 13.2. The Morgan fingerprint density at radius 3 is 0.630 bits per heavy atom. The predicted octanol–water partition coefficient (Wildman–Crippen LogP) is 27.3. The molecule has 0 saturated carbocycles. The molecular formula is C89H174O17P2. The van der Waals surface area contributed by atoms with Crippen LogP contribution in [0.15, 0.2) is 0 Å². The number of esters is 4. The van der Waals surface area contributed by atoms with E-state index in [4.69, 9.17) is 37.0 Å². The van der Waals surface area contributed by atoms with E-state index in [1.807, 2.05) is 0 Å². The van der Waals surface area contributed by atoms with Gasteiger partial charge in [-0.15, -0.1) is 0 Å².